The molecule has 1 unspecified atom stereocenters. The zero-order valence-electron chi connectivity index (χ0n) is 12.1. The Bertz CT molecular complexity index is 591. The Balaban J connectivity index is 1.87. The van der Waals surface area contributed by atoms with E-state index < -0.39 is 0 Å². The number of nitrogens with zero attached hydrogens (tertiary/aromatic N) is 2. The predicted octanol–water partition coefficient (Wildman–Crippen LogP) is 2.79. The summed E-state index contributed by atoms with van der Waals surface area (Å²) in [6, 6.07) is 9.12. The maximum Gasteiger partial charge on any atom is 0.203 e. The van der Waals surface area contributed by atoms with E-state index in [0.29, 0.717) is 12.6 Å². The number of hydrogen-bond acceptors (Lipinski definition) is 3. The maximum absolute atomic E-state index is 5.09. The highest BCUT2D eigenvalue weighted by molar-refractivity contribution is 5.39. The van der Waals surface area contributed by atoms with Gasteiger partial charge in [-0.1, -0.05) is 24.3 Å². The summed E-state index contributed by atoms with van der Waals surface area (Å²) < 4.78 is 7.37. The molecule has 1 aromatic heterocycles. The monoisotopic (exact) mass is 271 g/mol. The van der Waals surface area contributed by atoms with E-state index in [1.54, 1.807) is 7.11 Å². The summed E-state index contributed by atoms with van der Waals surface area (Å²) in [5.41, 5.74) is 3.95. The normalized spacial score (nSPS) is 17.2. The molecule has 0 saturated carbocycles. The summed E-state index contributed by atoms with van der Waals surface area (Å²) in [5.74, 6) is 0.946. The Hall–Kier alpha value is -1.81. The lowest BCUT2D eigenvalue weighted by Gasteiger charge is -2.17. The highest BCUT2D eigenvalue weighted by Gasteiger charge is 2.25. The molecule has 1 aliphatic carbocycles. The van der Waals surface area contributed by atoms with E-state index in [-0.39, 0.29) is 0 Å². The molecule has 2 aromatic rings. The van der Waals surface area contributed by atoms with Gasteiger partial charge in [-0.05, 0) is 30.9 Å². The van der Waals surface area contributed by atoms with E-state index in [1.165, 1.54) is 11.1 Å². The highest BCUT2D eigenvalue weighted by Crippen LogP contribution is 2.35. The second-order valence-corrected chi connectivity index (χ2v) is 5.29. The minimum Gasteiger partial charge on any atom is -0.383 e. The smallest absolute Gasteiger partial charge is 0.203 e. The molecule has 0 bridgehead atoms. The first kappa shape index (κ1) is 13.2. The van der Waals surface area contributed by atoms with Gasteiger partial charge in [0.1, 0.15) is 0 Å². The van der Waals surface area contributed by atoms with E-state index in [2.05, 4.69) is 45.3 Å². The lowest BCUT2D eigenvalue weighted by Crippen LogP contribution is -2.15. The number of nitrogens with one attached hydrogen (secondary N) is 1. The van der Waals surface area contributed by atoms with Gasteiger partial charge in [0.25, 0.3) is 0 Å². The number of methoxy groups -OCH3 is 1. The second-order valence-electron chi connectivity index (χ2n) is 5.29. The van der Waals surface area contributed by atoms with Crippen molar-refractivity contribution in [3.63, 3.8) is 0 Å². The van der Waals surface area contributed by atoms with Crippen LogP contribution in [0.1, 0.15) is 29.3 Å². The highest BCUT2D eigenvalue weighted by atomic mass is 16.5. The molecule has 1 aromatic carbocycles. The molecule has 0 saturated heterocycles. The summed E-state index contributed by atoms with van der Waals surface area (Å²) in [6.45, 7) is 3.51. The fourth-order valence-electron chi connectivity index (χ4n) is 2.97. The third kappa shape index (κ3) is 2.43. The maximum atomic E-state index is 5.09. The van der Waals surface area contributed by atoms with Gasteiger partial charge in [-0.3, -0.25) is 0 Å². The van der Waals surface area contributed by atoms with Crippen molar-refractivity contribution in [3.05, 3.63) is 47.3 Å². The first-order valence-electron chi connectivity index (χ1n) is 7.15. The minimum atomic E-state index is 0.400. The average Bonchev–Trinajstić information content (AvgIpc) is 3.02. The van der Waals surface area contributed by atoms with Gasteiger partial charge in [0.15, 0.2) is 0 Å². The van der Waals surface area contributed by atoms with Crippen LogP contribution in [0.5, 0.6) is 0 Å². The second kappa shape index (κ2) is 5.67. The van der Waals surface area contributed by atoms with Crippen LogP contribution in [0, 0.1) is 6.92 Å². The van der Waals surface area contributed by atoms with Crippen LogP contribution in [0.3, 0.4) is 0 Å². The van der Waals surface area contributed by atoms with Crippen LogP contribution in [0.4, 0.5) is 5.95 Å². The number of imidazole rings is 1. The largest absolute Gasteiger partial charge is 0.383 e. The van der Waals surface area contributed by atoms with Crippen molar-refractivity contribution in [2.45, 2.75) is 25.8 Å². The summed E-state index contributed by atoms with van der Waals surface area (Å²) in [5, 5.41) is 3.37. The number of hydrogen-bond donors (Lipinski definition) is 1. The molecule has 1 N–H and O–H groups in total. The number of aromatic nitrogens is 2. The number of benzene rings is 1. The Morgan fingerprint density at radius 3 is 3.10 bits per heavy atom. The van der Waals surface area contributed by atoms with Gasteiger partial charge in [0.05, 0.1) is 18.3 Å². The fourth-order valence-corrected chi connectivity index (χ4v) is 2.97. The van der Waals surface area contributed by atoms with Gasteiger partial charge in [0.2, 0.25) is 5.95 Å². The number of aryl methyl sites for hydroxylation is 2. The lowest BCUT2D eigenvalue weighted by molar-refractivity contribution is 0.210. The Morgan fingerprint density at radius 1 is 1.40 bits per heavy atom. The number of fused-ring (bicyclic) bond motifs is 1. The summed E-state index contributed by atoms with van der Waals surface area (Å²) >= 11 is 0. The molecule has 1 atom stereocenters. The SMILES string of the molecule is COCCNc1nc(C)cn1C1CCc2ccccc21. The minimum absolute atomic E-state index is 0.400. The van der Waals surface area contributed by atoms with E-state index >= 15 is 0 Å². The molecule has 0 fully saturated rings. The fraction of sp³-hybridized carbons (Fsp3) is 0.438. The Morgan fingerprint density at radius 2 is 2.25 bits per heavy atom. The predicted molar refractivity (Wildman–Crippen MR) is 80.2 cm³/mol. The quantitative estimate of drug-likeness (QED) is 0.850. The van der Waals surface area contributed by atoms with Crippen molar-refractivity contribution >= 4 is 5.95 Å². The van der Waals surface area contributed by atoms with Gasteiger partial charge in [-0.15, -0.1) is 0 Å². The summed E-state index contributed by atoms with van der Waals surface area (Å²) in [7, 11) is 1.71. The Kier molecular flexibility index (Phi) is 3.74. The van der Waals surface area contributed by atoms with Crippen molar-refractivity contribution in [2.24, 2.45) is 0 Å². The van der Waals surface area contributed by atoms with Crippen LogP contribution in [-0.4, -0.2) is 29.8 Å². The molecular weight excluding hydrogens is 250 g/mol. The van der Waals surface area contributed by atoms with Crippen LogP contribution in [0.25, 0.3) is 0 Å². The average molecular weight is 271 g/mol. The molecule has 0 aliphatic heterocycles. The first-order valence-corrected chi connectivity index (χ1v) is 7.15. The molecule has 20 heavy (non-hydrogen) atoms. The third-order valence-electron chi connectivity index (χ3n) is 3.88. The number of anilines is 1. The zero-order valence-corrected chi connectivity index (χ0v) is 12.1. The van der Waals surface area contributed by atoms with Crippen molar-refractivity contribution in [2.75, 3.05) is 25.6 Å². The van der Waals surface area contributed by atoms with Crippen LogP contribution in [0.15, 0.2) is 30.5 Å². The van der Waals surface area contributed by atoms with E-state index in [4.69, 9.17) is 4.74 Å². The summed E-state index contributed by atoms with van der Waals surface area (Å²) in [6.07, 6.45) is 4.44. The molecule has 4 heteroatoms. The molecule has 0 spiro atoms. The van der Waals surface area contributed by atoms with Gasteiger partial charge in [0, 0.05) is 19.9 Å². The van der Waals surface area contributed by atoms with Gasteiger partial charge in [-0.25, -0.2) is 4.98 Å². The van der Waals surface area contributed by atoms with E-state index in [0.717, 1.165) is 31.0 Å². The van der Waals surface area contributed by atoms with Crippen LogP contribution in [-0.2, 0) is 11.2 Å². The van der Waals surface area contributed by atoms with Crippen molar-refractivity contribution in [1.82, 2.24) is 9.55 Å². The molecule has 4 nitrogen and oxygen atoms in total. The topological polar surface area (TPSA) is 39.1 Å². The molecular formula is C16H21N3O. The molecule has 106 valence electrons. The molecule has 0 radical (unpaired) electrons. The van der Waals surface area contributed by atoms with E-state index in [9.17, 15) is 0 Å². The Labute approximate surface area is 119 Å². The van der Waals surface area contributed by atoms with Gasteiger partial charge >= 0.3 is 0 Å². The van der Waals surface area contributed by atoms with Gasteiger partial charge < -0.3 is 14.6 Å². The zero-order chi connectivity index (χ0) is 13.9. The molecule has 1 aliphatic rings. The molecule has 3 rings (SSSR count). The standard InChI is InChI=1S/C16H21N3O/c1-12-11-19(16(18-12)17-9-10-20-2)15-8-7-13-5-3-4-6-14(13)15/h3-6,11,15H,7-10H2,1-2H3,(H,17,18). The number of ether oxygens (including phenoxy) is 1. The van der Waals surface area contributed by atoms with Crippen LogP contribution < -0.4 is 5.32 Å². The number of rotatable bonds is 5. The van der Waals surface area contributed by atoms with Gasteiger partial charge in [-0.2, -0.15) is 0 Å². The van der Waals surface area contributed by atoms with E-state index in [1.807, 2.05) is 6.92 Å². The third-order valence-corrected chi connectivity index (χ3v) is 3.88. The molecule has 0 amide bonds. The van der Waals surface area contributed by atoms with Crippen molar-refractivity contribution < 1.29 is 4.74 Å². The van der Waals surface area contributed by atoms with Crippen molar-refractivity contribution in [3.8, 4) is 0 Å². The van der Waals surface area contributed by atoms with Crippen LogP contribution in [0.2, 0.25) is 0 Å². The first-order chi connectivity index (χ1) is 9.79. The van der Waals surface area contributed by atoms with Crippen molar-refractivity contribution in [1.29, 1.82) is 0 Å². The lowest BCUT2D eigenvalue weighted by atomic mass is 10.1. The van der Waals surface area contributed by atoms with Crippen LogP contribution >= 0.6 is 0 Å². The summed E-state index contributed by atoms with van der Waals surface area (Å²) in [4.78, 5) is 4.60. The molecule has 1 heterocycles.